The third kappa shape index (κ3) is 3.55. The fourth-order valence-corrected chi connectivity index (χ4v) is 5.13. The molecule has 3 aliphatic rings. The number of hydrogen-bond acceptors (Lipinski definition) is 10. The average Bonchev–Trinajstić information content (AvgIpc) is 3.09. The molecule has 0 bridgehead atoms. The van der Waals surface area contributed by atoms with E-state index in [1.807, 2.05) is 0 Å². The Morgan fingerprint density at radius 1 is 1.26 bits per heavy atom. The molecule has 14 heteroatoms. The van der Waals surface area contributed by atoms with Gasteiger partial charge in [-0.05, 0) is 30.0 Å². The molecule has 4 rings (SSSR count). The number of rotatable bonds is 2. The van der Waals surface area contributed by atoms with Crippen LogP contribution in [0, 0.1) is 0 Å². The van der Waals surface area contributed by atoms with Crippen LogP contribution in [0.3, 0.4) is 0 Å². The molecule has 0 amide bonds. The van der Waals surface area contributed by atoms with E-state index in [1.54, 1.807) is 4.90 Å². The first-order chi connectivity index (χ1) is 14.5. The number of fused-ring (bicyclic) bond motifs is 3. The average molecular weight is 478 g/mol. The molecule has 1 saturated heterocycles. The van der Waals surface area contributed by atoms with Crippen molar-refractivity contribution >= 4 is 44.4 Å². The van der Waals surface area contributed by atoms with E-state index in [0.29, 0.717) is 10.6 Å². The van der Waals surface area contributed by atoms with Crippen molar-refractivity contribution in [3.8, 4) is 0 Å². The predicted molar refractivity (Wildman–Crippen MR) is 106 cm³/mol. The molecule has 1 aromatic carbocycles. The summed E-state index contributed by atoms with van der Waals surface area (Å²) in [5.41, 5.74) is -3.04. The number of benzene rings is 1. The predicted octanol–water partition coefficient (Wildman–Crippen LogP) is 1.49. The quantitative estimate of drug-likeness (QED) is 0.590. The van der Waals surface area contributed by atoms with E-state index in [4.69, 9.17) is 4.74 Å². The summed E-state index contributed by atoms with van der Waals surface area (Å²) in [5, 5.41) is -0.153. The van der Waals surface area contributed by atoms with E-state index in [-0.39, 0.29) is 42.3 Å². The van der Waals surface area contributed by atoms with E-state index in [2.05, 4.69) is 14.7 Å². The Labute approximate surface area is 179 Å². The summed E-state index contributed by atoms with van der Waals surface area (Å²) in [4.78, 5) is 23.1. The number of carbonyl (C=O) groups excluding carboxylic acids is 1. The monoisotopic (exact) mass is 478 g/mol. The number of nitrogens with zero attached hydrogens (tertiary/aromatic N) is 4. The number of ether oxygens (including phenoxy) is 2. The molecule has 1 aromatic rings. The smallest absolute Gasteiger partial charge is 0.446 e. The lowest BCUT2D eigenvalue weighted by Gasteiger charge is -2.39. The summed E-state index contributed by atoms with van der Waals surface area (Å²) in [5.74, 6) is -1.79. The van der Waals surface area contributed by atoms with Gasteiger partial charge in [0.1, 0.15) is 0 Å². The van der Waals surface area contributed by atoms with Crippen LogP contribution in [-0.2, 0) is 24.1 Å². The van der Waals surface area contributed by atoms with Crippen LogP contribution in [0.25, 0.3) is 0 Å². The molecular formula is C17H17F3N4O5S2. The van der Waals surface area contributed by atoms with Crippen LogP contribution in [0.2, 0.25) is 0 Å². The summed E-state index contributed by atoms with van der Waals surface area (Å²) >= 11 is 0.829. The van der Waals surface area contributed by atoms with Crippen LogP contribution in [-0.4, -0.2) is 81.9 Å². The topological polar surface area (TPSA) is 101 Å². The number of aliphatic imine (C=N–C) groups is 2. The zero-order valence-electron chi connectivity index (χ0n) is 16.3. The number of amidine groups is 1. The highest BCUT2D eigenvalue weighted by atomic mass is 32.2. The zero-order chi connectivity index (χ0) is 22.6. The number of alkyl halides is 3. The highest BCUT2D eigenvalue weighted by Gasteiger charge is 2.66. The molecule has 3 heterocycles. The van der Waals surface area contributed by atoms with Gasteiger partial charge in [-0.15, -0.1) is 0 Å². The number of sulfone groups is 1. The molecule has 0 saturated carbocycles. The van der Waals surface area contributed by atoms with Crippen molar-refractivity contribution in [1.29, 1.82) is 0 Å². The van der Waals surface area contributed by atoms with Crippen LogP contribution in [0.1, 0.15) is 0 Å². The second-order valence-electron chi connectivity index (χ2n) is 6.91. The second kappa shape index (κ2) is 7.38. The number of guanidine groups is 1. The molecule has 0 spiro atoms. The number of esters is 1. The fraction of sp³-hybridized carbons (Fsp3) is 0.471. The lowest BCUT2D eigenvalue weighted by Crippen LogP contribution is -2.59. The number of anilines is 1. The molecule has 1 atom stereocenters. The van der Waals surface area contributed by atoms with E-state index in [1.165, 1.54) is 23.1 Å². The number of morpholine rings is 1. The highest BCUT2D eigenvalue weighted by molar-refractivity contribution is 8.15. The standard InChI is InChI=1S/C17H17F3N4O5S2/c1-28-13(25)16(17(18,19)20)21-14(23-5-7-29-8-6-23)24-11-4-3-10(31(2,26)27)9-12(11)30-15(24)22-16/h3-4,9H,5-8H2,1-2H3/t16-/m1/s1. The van der Waals surface area contributed by atoms with Gasteiger partial charge in [0.2, 0.25) is 5.96 Å². The Bertz CT molecular complexity index is 1100. The maximum Gasteiger partial charge on any atom is 0.446 e. The largest absolute Gasteiger partial charge is 0.465 e. The molecule has 0 aliphatic carbocycles. The van der Waals surface area contributed by atoms with Gasteiger partial charge < -0.3 is 14.4 Å². The fourth-order valence-electron chi connectivity index (χ4n) is 3.31. The number of halogens is 3. The van der Waals surface area contributed by atoms with Crippen LogP contribution in [0.5, 0.6) is 0 Å². The third-order valence-corrected chi connectivity index (χ3v) is 6.98. The molecule has 168 valence electrons. The maximum atomic E-state index is 14.1. The lowest BCUT2D eigenvalue weighted by atomic mass is 10.1. The third-order valence-electron chi connectivity index (χ3n) is 4.87. The Morgan fingerprint density at radius 3 is 2.52 bits per heavy atom. The Hall–Kier alpha value is -2.32. The number of hydrogen-bond donors (Lipinski definition) is 0. The van der Waals surface area contributed by atoms with Gasteiger partial charge in [-0.1, -0.05) is 0 Å². The van der Waals surface area contributed by atoms with Gasteiger partial charge in [0.15, 0.2) is 15.0 Å². The normalized spacial score (nSPS) is 23.6. The van der Waals surface area contributed by atoms with E-state index >= 15 is 0 Å². The van der Waals surface area contributed by atoms with Gasteiger partial charge in [-0.25, -0.2) is 23.2 Å². The van der Waals surface area contributed by atoms with Gasteiger partial charge in [-0.2, -0.15) is 13.2 Å². The Kier molecular flexibility index (Phi) is 5.21. The van der Waals surface area contributed by atoms with Crippen LogP contribution in [0.15, 0.2) is 38.0 Å². The molecule has 0 aromatic heterocycles. The van der Waals surface area contributed by atoms with Crippen molar-refractivity contribution in [3.63, 3.8) is 0 Å². The number of carbonyl (C=O) groups is 1. The molecule has 0 N–H and O–H groups in total. The zero-order valence-corrected chi connectivity index (χ0v) is 18.0. The molecule has 3 aliphatic heterocycles. The SMILES string of the molecule is COC(=O)[C@]1(C(F)(F)F)N=C2Sc3cc(S(C)(=O)=O)ccc3N2C(N2CCOCC2)=N1. The first kappa shape index (κ1) is 21.9. The summed E-state index contributed by atoms with van der Waals surface area (Å²) in [7, 11) is -2.70. The van der Waals surface area contributed by atoms with Crippen molar-refractivity contribution in [1.82, 2.24) is 4.90 Å². The maximum absolute atomic E-state index is 14.1. The minimum Gasteiger partial charge on any atom is -0.465 e. The van der Waals surface area contributed by atoms with E-state index in [0.717, 1.165) is 25.1 Å². The summed E-state index contributed by atoms with van der Waals surface area (Å²) < 4.78 is 75.9. The van der Waals surface area contributed by atoms with Gasteiger partial charge in [0, 0.05) is 24.2 Å². The molecule has 31 heavy (non-hydrogen) atoms. The van der Waals surface area contributed by atoms with Crippen molar-refractivity contribution in [2.75, 3.05) is 44.6 Å². The van der Waals surface area contributed by atoms with Gasteiger partial charge in [0.25, 0.3) is 0 Å². The molecule has 9 nitrogen and oxygen atoms in total. The van der Waals surface area contributed by atoms with Crippen molar-refractivity contribution < 1.29 is 35.9 Å². The molecule has 0 unspecified atom stereocenters. The number of thioether (sulfide) groups is 1. The van der Waals surface area contributed by atoms with Crippen LogP contribution < -0.4 is 4.90 Å². The summed E-state index contributed by atoms with van der Waals surface area (Å²) in [6.45, 7) is 1.03. The minimum absolute atomic E-state index is 0.0131. The van der Waals surface area contributed by atoms with Crippen molar-refractivity contribution in [2.45, 2.75) is 21.6 Å². The molecule has 1 fully saturated rings. The van der Waals surface area contributed by atoms with Gasteiger partial charge >= 0.3 is 17.8 Å². The lowest BCUT2D eigenvalue weighted by molar-refractivity contribution is -0.201. The van der Waals surface area contributed by atoms with Crippen molar-refractivity contribution in [2.24, 2.45) is 9.98 Å². The molecule has 0 radical (unpaired) electrons. The second-order valence-corrected chi connectivity index (χ2v) is 9.93. The van der Waals surface area contributed by atoms with Crippen molar-refractivity contribution in [3.05, 3.63) is 18.2 Å². The van der Waals surface area contributed by atoms with Gasteiger partial charge in [0.05, 0.1) is 30.9 Å². The Morgan fingerprint density at radius 2 is 1.94 bits per heavy atom. The van der Waals surface area contributed by atoms with Crippen LogP contribution >= 0.6 is 11.8 Å². The Balaban J connectivity index is 1.91. The highest BCUT2D eigenvalue weighted by Crippen LogP contribution is 2.48. The van der Waals surface area contributed by atoms with E-state index in [9.17, 15) is 26.4 Å². The first-order valence-electron chi connectivity index (χ1n) is 8.97. The van der Waals surface area contributed by atoms with Gasteiger partial charge in [-0.3, -0.25) is 4.90 Å². The minimum atomic E-state index is -5.16. The van der Waals surface area contributed by atoms with Crippen LogP contribution in [0.4, 0.5) is 18.9 Å². The first-order valence-corrected chi connectivity index (χ1v) is 11.7. The molecular weight excluding hydrogens is 461 g/mol. The number of methoxy groups -OCH3 is 1. The van der Waals surface area contributed by atoms with E-state index < -0.39 is 27.6 Å². The summed E-state index contributed by atoms with van der Waals surface area (Å²) in [6.07, 6.45) is -4.13. The summed E-state index contributed by atoms with van der Waals surface area (Å²) in [6, 6.07) is 4.21.